The molecule has 0 N–H and O–H groups in total. The normalized spacial score (nSPS) is 10.7. The van der Waals surface area contributed by atoms with Crippen LogP contribution in [0.2, 0.25) is 18.1 Å². The SMILES string of the molecule is C[Si](C)(N=C=O)c1ccc(Cl)cc1. The van der Waals surface area contributed by atoms with E-state index >= 15 is 0 Å². The third-order valence-corrected chi connectivity index (χ3v) is 4.52. The molecule has 0 aliphatic heterocycles. The number of hydrogen-bond acceptors (Lipinski definition) is 2. The van der Waals surface area contributed by atoms with Crippen molar-refractivity contribution in [3.05, 3.63) is 29.3 Å². The lowest BCUT2D eigenvalue weighted by molar-refractivity contribution is 0.566. The Balaban J connectivity index is 3.07. The largest absolute Gasteiger partial charge is 0.242 e. The van der Waals surface area contributed by atoms with Gasteiger partial charge in [-0.05, 0) is 30.4 Å². The average Bonchev–Trinajstić information content (AvgIpc) is 2.05. The Morgan fingerprint density at radius 1 is 1.31 bits per heavy atom. The molecule has 0 amide bonds. The highest BCUT2D eigenvalue weighted by atomic mass is 35.5. The van der Waals surface area contributed by atoms with E-state index in [0.717, 1.165) is 5.19 Å². The van der Waals surface area contributed by atoms with Crippen molar-refractivity contribution in [3.63, 3.8) is 0 Å². The van der Waals surface area contributed by atoms with Crippen LogP contribution in [0.3, 0.4) is 0 Å². The summed E-state index contributed by atoms with van der Waals surface area (Å²) in [5.74, 6) is 0. The molecule has 1 aromatic rings. The molecule has 0 atom stereocenters. The first kappa shape index (κ1) is 10.2. The van der Waals surface area contributed by atoms with E-state index < -0.39 is 8.24 Å². The van der Waals surface area contributed by atoms with Crippen molar-refractivity contribution in [1.82, 2.24) is 0 Å². The lowest BCUT2D eigenvalue weighted by Gasteiger charge is -2.14. The lowest BCUT2D eigenvalue weighted by Crippen LogP contribution is -2.39. The number of halogens is 1. The zero-order valence-corrected chi connectivity index (χ0v) is 9.30. The Morgan fingerprint density at radius 3 is 2.31 bits per heavy atom. The van der Waals surface area contributed by atoms with Crippen molar-refractivity contribution in [1.29, 1.82) is 0 Å². The van der Waals surface area contributed by atoms with Gasteiger partial charge in [0, 0.05) is 5.02 Å². The maximum atomic E-state index is 10.2. The minimum atomic E-state index is -1.96. The van der Waals surface area contributed by atoms with Gasteiger partial charge in [-0.25, -0.2) is 9.45 Å². The van der Waals surface area contributed by atoms with Gasteiger partial charge < -0.3 is 0 Å². The summed E-state index contributed by atoms with van der Waals surface area (Å²) < 4.78 is 3.85. The maximum absolute atomic E-state index is 10.2. The Morgan fingerprint density at radius 2 is 1.85 bits per heavy atom. The second-order valence-corrected chi connectivity index (χ2v) is 7.62. The molecular formula is C9H10ClNOSi. The number of benzene rings is 1. The van der Waals surface area contributed by atoms with Crippen LogP contribution in [0.25, 0.3) is 0 Å². The van der Waals surface area contributed by atoms with Gasteiger partial charge in [0.1, 0.15) is 0 Å². The molecule has 0 unspecified atom stereocenters. The molecule has 0 spiro atoms. The zero-order valence-electron chi connectivity index (χ0n) is 7.54. The van der Waals surface area contributed by atoms with E-state index in [1.54, 1.807) is 6.08 Å². The van der Waals surface area contributed by atoms with Gasteiger partial charge in [0.05, 0.1) is 0 Å². The van der Waals surface area contributed by atoms with Crippen LogP contribution in [-0.4, -0.2) is 14.3 Å². The third kappa shape index (κ3) is 2.52. The van der Waals surface area contributed by atoms with Crippen LogP contribution in [-0.2, 0) is 4.79 Å². The van der Waals surface area contributed by atoms with Gasteiger partial charge in [0.2, 0.25) is 14.3 Å². The van der Waals surface area contributed by atoms with Crippen molar-refractivity contribution < 1.29 is 4.79 Å². The standard InChI is InChI=1S/C9H10ClNOSi/c1-13(2,11-7-12)9-5-3-8(10)4-6-9/h3-6H,1-2H3. The Bertz CT molecular complexity index is 341. The predicted molar refractivity (Wildman–Crippen MR) is 56.7 cm³/mol. The monoisotopic (exact) mass is 211 g/mol. The quantitative estimate of drug-likeness (QED) is 0.419. The van der Waals surface area contributed by atoms with Crippen LogP contribution in [0.4, 0.5) is 0 Å². The van der Waals surface area contributed by atoms with E-state index in [2.05, 4.69) is 4.66 Å². The van der Waals surface area contributed by atoms with Gasteiger partial charge in [-0.3, -0.25) is 0 Å². The number of rotatable bonds is 2. The molecule has 0 saturated heterocycles. The fourth-order valence-corrected chi connectivity index (χ4v) is 2.50. The number of carbonyl (C=O) groups excluding carboxylic acids is 1. The molecule has 0 aliphatic rings. The summed E-state index contributed by atoms with van der Waals surface area (Å²) in [4.78, 5) is 10.2. The second kappa shape index (κ2) is 3.88. The maximum Gasteiger partial charge on any atom is 0.225 e. The molecule has 1 aromatic carbocycles. The van der Waals surface area contributed by atoms with Crippen molar-refractivity contribution >= 4 is 31.1 Å². The number of isocyanates is 1. The van der Waals surface area contributed by atoms with Crippen LogP contribution < -0.4 is 5.19 Å². The van der Waals surface area contributed by atoms with E-state index in [1.165, 1.54) is 0 Å². The summed E-state index contributed by atoms with van der Waals surface area (Å²) in [6, 6.07) is 7.45. The van der Waals surface area contributed by atoms with Crippen molar-refractivity contribution in [2.24, 2.45) is 4.66 Å². The predicted octanol–water partition coefficient (Wildman–Crippen LogP) is 2.09. The highest BCUT2D eigenvalue weighted by Gasteiger charge is 2.22. The molecular weight excluding hydrogens is 202 g/mol. The van der Waals surface area contributed by atoms with Crippen molar-refractivity contribution in [2.75, 3.05) is 0 Å². The summed E-state index contributed by atoms with van der Waals surface area (Å²) >= 11 is 5.75. The van der Waals surface area contributed by atoms with E-state index in [1.807, 2.05) is 37.4 Å². The highest BCUT2D eigenvalue weighted by molar-refractivity contribution is 6.88. The molecule has 0 radical (unpaired) electrons. The smallest absolute Gasteiger partial charge is 0.225 e. The fourth-order valence-electron chi connectivity index (χ4n) is 1.04. The van der Waals surface area contributed by atoms with E-state index in [0.29, 0.717) is 5.02 Å². The molecule has 0 heterocycles. The topological polar surface area (TPSA) is 29.4 Å². The molecule has 13 heavy (non-hydrogen) atoms. The lowest BCUT2D eigenvalue weighted by atomic mass is 10.4. The molecule has 0 saturated carbocycles. The van der Waals surface area contributed by atoms with Crippen molar-refractivity contribution in [3.8, 4) is 0 Å². The molecule has 4 heteroatoms. The number of hydrogen-bond donors (Lipinski definition) is 0. The molecule has 68 valence electrons. The van der Waals surface area contributed by atoms with Crippen LogP contribution >= 0.6 is 11.6 Å². The van der Waals surface area contributed by atoms with Crippen LogP contribution in [0.15, 0.2) is 28.9 Å². The minimum Gasteiger partial charge on any atom is -0.242 e. The number of nitrogens with zero attached hydrogens (tertiary/aromatic N) is 1. The summed E-state index contributed by atoms with van der Waals surface area (Å²) in [6.45, 7) is 3.97. The van der Waals surface area contributed by atoms with Gasteiger partial charge in [-0.15, -0.1) is 0 Å². The van der Waals surface area contributed by atoms with E-state index in [-0.39, 0.29) is 0 Å². The zero-order chi connectivity index (χ0) is 9.90. The average molecular weight is 212 g/mol. The van der Waals surface area contributed by atoms with Gasteiger partial charge >= 0.3 is 0 Å². The van der Waals surface area contributed by atoms with Gasteiger partial charge in [-0.1, -0.05) is 23.7 Å². The summed E-state index contributed by atoms with van der Waals surface area (Å²) in [7, 11) is -1.96. The summed E-state index contributed by atoms with van der Waals surface area (Å²) in [5, 5.41) is 1.78. The Labute approximate surface area is 83.3 Å². The molecule has 0 aliphatic carbocycles. The van der Waals surface area contributed by atoms with Crippen molar-refractivity contribution in [2.45, 2.75) is 13.1 Å². The molecule has 0 aromatic heterocycles. The molecule has 0 fully saturated rings. The first-order chi connectivity index (χ1) is 6.06. The van der Waals surface area contributed by atoms with Crippen LogP contribution in [0.1, 0.15) is 0 Å². The van der Waals surface area contributed by atoms with Gasteiger partial charge in [0.25, 0.3) is 0 Å². The molecule has 1 rings (SSSR count). The first-order valence-electron chi connectivity index (χ1n) is 3.91. The first-order valence-corrected chi connectivity index (χ1v) is 7.24. The Kier molecular flexibility index (Phi) is 3.04. The highest BCUT2D eigenvalue weighted by Crippen LogP contribution is 2.09. The molecule has 0 bridgehead atoms. The second-order valence-electron chi connectivity index (χ2n) is 3.27. The van der Waals surface area contributed by atoms with Gasteiger partial charge in [-0.2, -0.15) is 0 Å². The molecule has 2 nitrogen and oxygen atoms in total. The van der Waals surface area contributed by atoms with Gasteiger partial charge in [0.15, 0.2) is 0 Å². The minimum absolute atomic E-state index is 0.698. The van der Waals surface area contributed by atoms with Crippen LogP contribution in [0.5, 0.6) is 0 Å². The van der Waals surface area contributed by atoms with E-state index in [9.17, 15) is 4.79 Å². The summed E-state index contributed by atoms with van der Waals surface area (Å²) in [5.41, 5.74) is 0. The van der Waals surface area contributed by atoms with Crippen LogP contribution in [0, 0.1) is 0 Å². The fraction of sp³-hybridized carbons (Fsp3) is 0.222. The Hall–Kier alpha value is -0.893. The summed E-state index contributed by atoms with van der Waals surface area (Å²) in [6.07, 6.45) is 1.62. The van der Waals surface area contributed by atoms with E-state index in [4.69, 9.17) is 11.6 Å². The third-order valence-electron chi connectivity index (χ3n) is 1.88.